The van der Waals surface area contributed by atoms with E-state index in [-0.39, 0.29) is 0 Å². The van der Waals surface area contributed by atoms with E-state index in [1.54, 1.807) is 0 Å². The normalized spacial score (nSPS) is 11.9. The van der Waals surface area contributed by atoms with Gasteiger partial charge in [-0.1, -0.05) is 12.1 Å². The molecule has 0 aliphatic rings. The van der Waals surface area contributed by atoms with E-state index in [1.165, 1.54) is 10.4 Å². The molecule has 0 spiro atoms. The third-order valence-electron chi connectivity index (χ3n) is 4.33. The zero-order valence-corrected chi connectivity index (χ0v) is 16.6. The van der Waals surface area contributed by atoms with Gasteiger partial charge in [-0.25, -0.2) is 4.98 Å². The van der Waals surface area contributed by atoms with Crippen LogP contribution in [0.25, 0.3) is 5.65 Å². The Labute approximate surface area is 159 Å². The zero-order valence-electron chi connectivity index (χ0n) is 15.8. The largest absolute Gasteiger partial charge is 0.357 e. The van der Waals surface area contributed by atoms with Crippen LogP contribution in [-0.2, 0) is 12.8 Å². The maximum atomic E-state index is 4.79. The van der Waals surface area contributed by atoms with Gasteiger partial charge in [0.15, 0.2) is 5.96 Å². The van der Waals surface area contributed by atoms with Crippen LogP contribution in [0.1, 0.15) is 23.1 Å². The Kier molecular flexibility index (Phi) is 6.28. The van der Waals surface area contributed by atoms with E-state index in [2.05, 4.69) is 71.4 Å². The van der Waals surface area contributed by atoms with E-state index in [0.717, 1.165) is 49.8 Å². The number of fused-ring (bicyclic) bond motifs is 1. The van der Waals surface area contributed by atoms with Crippen LogP contribution >= 0.6 is 11.3 Å². The number of aliphatic imine (C=N–C) groups is 1. The van der Waals surface area contributed by atoms with E-state index in [9.17, 15) is 0 Å². The van der Waals surface area contributed by atoms with Gasteiger partial charge in [-0.3, -0.25) is 4.99 Å². The van der Waals surface area contributed by atoms with Crippen LogP contribution in [-0.4, -0.2) is 46.9 Å². The molecule has 138 valence electrons. The molecule has 3 aromatic rings. The number of pyridine rings is 1. The molecule has 0 amide bonds. The van der Waals surface area contributed by atoms with Gasteiger partial charge in [0.2, 0.25) is 0 Å². The van der Waals surface area contributed by atoms with Crippen molar-refractivity contribution < 1.29 is 0 Å². The minimum absolute atomic E-state index is 0.731. The standard InChI is InChI=1S/C20H27N5S/c1-4-21-20(24(3)13-10-18-8-6-14-26-18)22-11-9-17-15-25-12-5-7-16(2)19(25)23-17/h5-8,12,14-15H,4,9-11,13H2,1-3H3,(H,21,22). The molecule has 0 saturated heterocycles. The highest BCUT2D eigenvalue weighted by Crippen LogP contribution is 2.11. The molecule has 0 aliphatic heterocycles. The number of likely N-dealkylation sites (N-methyl/N-ethyl adjacent to an activating group) is 1. The Hall–Kier alpha value is -2.34. The molecule has 0 aromatic carbocycles. The molecule has 1 N–H and O–H groups in total. The van der Waals surface area contributed by atoms with Gasteiger partial charge in [-0.15, -0.1) is 11.3 Å². The summed E-state index contributed by atoms with van der Waals surface area (Å²) in [6.07, 6.45) is 6.04. The predicted octanol–water partition coefficient (Wildman–Crippen LogP) is 3.39. The number of thiophene rings is 1. The summed E-state index contributed by atoms with van der Waals surface area (Å²) < 4.78 is 2.09. The Bertz CT molecular complexity index is 850. The molecule has 5 nitrogen and oxygen atoms in total. The van der Waals surface area contributed by atoms with Crippen molar-refractivity contribution in [2.24, 2.45) is 4.99 Å². The van der Waals surface area contributed by atoms with Crippen molar-refractivity contribution in [3.8, 4) is 0 Å². The molecule has 3 rings (SSSR count). The van der Waals surface area contributed by atoms with Crippen molar-refractivity contribution in [2.45, 2.75) is 26.7 Å². The number of hydrogen-bond donors (Lipinski definition) is 1. The Morgan fingerprint density at radius 1 is 1.31 bits per heavy atom. The highest BCUT2D eigenvalue weighted by Gasteiger charge is 2.07. The van der Waals surface area contributed by atoms with Crippen molar-refractivity contribution in [3.63, 3.8) is 0 Å². The molecule has 3 aromatic heterocycles. The van der Waals surface area contributed by atoms with Crippen molar-refractivity contribution >= 4 is 22.9 Å². The molecular weight excluding hydrogens is 342 g/mol. The maximum Gasteiger partial charge on any atom is 0.193 e. The van der Waals surface area contributed by atoms with Crippen molar-refractivity contribution in [1.82, 2.24) is 19.6 Å². The van der Waals surface area contributed by atoms with Crippen LogP contribution in [0.4, 0.5) is 0 Å². The van der Waals surface area contributed by atoms with Crippen LogP contribution in [0.5, 0.6) is 0 Å². The lowest BCUT2D eigenvalue weighted by atomic mass is 10.3. The third kappa shape index (κ3) is 4.64. The summed E-state index contributed by atoms with van der Waals surface area (Å²) >= 11 is 1.81. The monoisotopic (exact) mass is 369 g/mol. The Balaban J connectivity index is 1.59. The molecule has 0 unspecified atom stereocenters. The fourth-order valence-corrected chi connectivity index (χ4v) is 3.61. The maximum absolute atomic E-state index is 4.79. The van der Waals surface area contributed by atoms with E-state index in [0.29, 0.717) is 0 Å². The second kappa shape index (κ2) is 8.85. The van der Waals surface area contributed by atoms with Crippen LogP contribution in [0, 0.1) is 6.92 Å². The lowest BCUT2D eigenvalue weighted by Gasteiger charge is -2.21. The predicted molar refractivity (Wildman–Crippen MR) is 110 cm³/mol. The molecule has 0 saturated carbocycles. The second-order valence-corrected chi connectivity index (χ2v) is 7.42. The highest BCUT2D eigenvalue weighted by molar-refractivity contribution is 7.09. The summed E-state index contributed by atoms with van der Waals surface area (Å²) in [5, 5.41) is 5.52. The minimum atomic E-state index is 0.731. The molecule has 26 heavy (non-hydrogen) atoms. The first-order chi connectivity index (χ1) is 12.7. The van der Waals surface area contributed by atoms with Crippen molar-refractivity contribution in [1.29, 1.82) is 0 Å². The van der Waals surface area contributed by atoms with Crippen LogP contribution in [0.2, 0.25) is 0 Å². The molecule has 0 bridgehead atoms. The average Bonchev–Trinajstić information content (AvgIpc) is 3.29. The molecule has 6 heteroatoms. The summed E-state index contributed by atoms with van der Waals surface area (Å²) in [6.45, 7) is 6.76. The van der Waals surface area contributed by atoms with Gasteiger partial charge in [-0.05, 0) is 43.3 Å². The van der Waals surface area contributed by atoms with E-state index in [1.807, 2.05) is 17.5 Å². The van der Waals surface area contributed by atoms with E-state index in [4.69, 9.17) is 9.98 Å². The number of nitrogens with zero attached hydrogens (tertiary/aromatic N) is 4. The smallest absolute Gasteiger partial charge is 0.193 e. The quantitative estimate of drug-likeness (QED) is 0.513. The number of aryl methyl sites for hydroxylation is 1. The second-order valence-electron chi connectivity index (χ2n) is 6.39. The number of hydrogen-bond acceptors (Lipinski definition) is 3. The van der Waals surface area contributed by atoms with Gasteiger partial charge >= 0.3 is 0 Å². The number of nitrogens with one attached hydrogen (secondary N) is 1. The van der Waals surface area contributed by atoms with Gasteiger partial charge in [0.25, 0.3) is 0 Å². The molecule has 0 radical (unpaired) electrons. The molecule has 0 atom stereocenters. The van der Waals surface area contributed by atoms with Crippen LogP contribution < -0.4 is 5.32 Å². The average molecular weight is 370 g/mol. The fourth-order valence-electron chi connectivity index (χ4n) is 2.91. The minimum Gasteiger partial charge on any atom is -0.357 e. The summed E-state index contributed by atoms with van der Waals surface area (Å²) in [4.78, 5) is 13.1. The summed E-state index contributed by atoms with van der Waals surface area (Å²) in [5.74, 6) is 0.962. The molecule has 3 heterocycles. The summed E-state index contributed by atoms with van der Waals surface area (Å²) in [7, 11) is 2.10. The van der Waals surface area contributed by atoms with Crippen molar-refractivity contribution in [2.75, 3.05) is 26.7 Å². The van der Waals surface area contributed by atoms with E-state index < -0.39 is 0 Å². The van der Waals surface area contributed by atoms with Crippen LogP contribution in [0.3, 0.4) is 0 Å². The number of imidazole rings is 1. The van der Waals surface area contributed by atoms with Crippen LogP contribution in [0.15, 0.2) is 47.0 Å². The Morgan fingerprint density at radius 2 is 2.19 bits per heavy atom. The zero-order chi connectivity index (χ0) is 18.4. The third-order valence-corrected chi connectivity index (χ3v) is 5.26. The summed E-state index contributed by atoms with van der Waals surface area (Å²) in [5.41, 5.74) is 3.32. The topological polar surface area (TPSA) is 44.9 Å². The number of rotatable bonds is 7. The lowest BCUT2D eigenvalue weighted by Crippen LogP contribution is -2.40. The SMILES string of the molecule is CCNC(=NCCc1cn2cccc(C)c2n1)N(C)CCc1cccs1. The summed E-state index contributed by atoms with van der Waals surface area (Å²) in [6, 6.07) is 8.44. The number of aromatic nitrogens is 2. The van der Waals surface area contributed by atoms with E-state index >= 15 is 0 Å². The molecule has 0 fully saturated rings. The lowest BCUT2D eigenvalue weighted by molar-refractivity contribution is 0.487. The number of guanidine groups is 1. The van der Waals surface area contributed by atoms with Gasteiger partial charge in [-0.2, -0.15) is 0 Å². The van der Waals surface area contributed by atoms with Crippen molar-refractivity contribution in [3.05, 3.63) is 58.2 Å². The fraction of sp³-hybridized carbons (Fsp3) is 0.400. The van der Waals surface area contributed by atoms with Gasteiger partial charge in [0.05, 0.1) is 5.69 Å². The molecular formula is C20H27N5S. The highest BCUT2D eigenvalue weighted by atomic mass is 32.1. The first-order valence-corrected chi connectivity index (χ1v) is 10.0. The first-order valence-electron chi connectivity index (χ1n) is 9.12. The van der Waals surface area contributed by atoms with Gasteiger partial charge in [0, 0.05) is 50.4 Å². The molecule has 0 aliphatic carbocycles. The van der Waals surface area contributed by atoms with Gasteiger partial charge in [0.1, 0.15) is 5.65 Å². The first kappa shape index (κ1) is 18.5. The Morgan fingerprint density at radius 3 is 2.92 bits per heavy atom. The van der Waals surface area contributed by atoms with Gasteiger partial charge < -0.3 is 14.6 Å².